The smallest absolute Gasteiger partial charge is 0.326 e. The highest BCUT2D eigenvalue weighted by Gasteiger charge is 2.24. The number of nitrogens with one attached hydrogen (secondary N) is 1. The summed E-state index contributed by atoms with van der Waals surface area (Å²) in [5.74, 6) is -0.240. The molecule has 2 amide bonds. The number of aliphatic carboxylic acids is 1. The lowest BCUT2D eigenvalue weighted by Gasteiger charge is -2.23. The Balaban J connectivity index is 2.48. The van der Waals surface area contributed by atoms with Crippen LogP contribution in [0.2, 0.25) is 0 Å². The Kier molecular flexibility index (Phi) is 7.41. The van der Waals surface area contributed by atoms with Crippen LogP contribution in [-0.4, -0.2) is 41.1 Å². The molecule has 1 heterocycles. The fourth-order valence-electron chi connectivity index (χ4n) is 2.68. The Morgan fingerprint density at radius 3 is 2.65 bits per heavy atom. The van der Waals surface area contributed by atoms with E-state index >= 15 is 0 Å². The standard InChI is InChI=1S/C15H28N2O3/c1-3-5-8-13(14(18)19)16-15(20)17-10-6-7-12(4-2)9-11-17/h12-13H,3-11H2,1-2H3,(H,16,20)(H,18,19). The maximum Gasteiger partial charge on any atom is 0.326 e. The Morgan fingerprint density at radius 2 is 2.05 bits per heavy atom. The predicted molar refractivity (Wildman–Crippen MR) is 78.7 cm³/mol. The van der Waals surface area contributed by atoms with Crippen LogP contribution >= 0.6 is 0 Å². The number of nitrogens with zero attached hydrogens (tertiary/aromatic N) is 1. The topological polar surface area (TPSA) is 69.6 Å². The molecule has 0 spiro atoms. The summed E-state index contributed by atoms with van der Waals surface area (Å²) < 4.78 is 0. The van der Waals surface area contributed by atoms with E-state index in [2.05, 4.69) is 12.2 Å². The number of carbonyl (C=O) groups is 2. The highest BCUT2D eigenvalue weighted by atomic mass is 16.4. The molecular weight excluding hydrogens is 256 g/mol. The van der Waals surface area contributed by atoms with Crippen LogP contribution in [0.3, 0.4) is 0 Å². The molecule has 1 saturated heterocycles. The van der Waals surface area contributed by atoms with Crippen molar-refractivity contribution in [1.29, 1.82) is 0 Å². The van der Waals surface area contributed by atoms with Crippen LogP contribution < -0.4 is 5.32 Å². The minimum absolute atomic E-state index is 0.217. The molecule has 1 aliphatic rings. The fourth-order valence-corrected chi connectivity index (χ4v) is 2.68. The van der Waals surface area contributed by atoms with Crippen LogP contribution in [0.4, 0.5) is 4.79 Å². The summed E-state index contributed by atoms with van der Waals surface area (Å²) in [7, 11) is 0. The molecule has 2 N–H and O–H groups in total. The van der Waals surface area contributed by atoms with Crippen molar-refractivity contribution in [3.8, 4) is 0 Å². The normalized spacial score (nSPS) is 21.1. The second-order valence-corrected chi connectivity index (χ2v) is 5.67. The van der Waals surface area contributed by atoms with Gasteiger partial charge in [-0.2, -0.15) is 0 Å². The number of urea groups is 1. The summed E-state index contributed by atoms with van der Waals surface area (Å²) in [6.07, 6.45) is 6.61. The highest BCUT2D eigenvalue weighted by Crippen LogP contribution is 2.20. The number of carboxylic acid groups (broad SMARTS) is 1. The molecule has 20 heavy (non-hydrogen) atoms. The van der Waals surface area contributed by atoms with Crippen molar-refractivity contribution in [2.75, 3.05) is 13.1 Å². The largest absolute Gasteiger partial charge is 0.480 e. The first-order valence-electron chi connectivity index (χ1n) is 7.86. The molecule has 1 fully saturated rings. The number of carboxylic acids is 1. The van der Waals surface area contributed by atoms with Gasteiger partial charge in [0, 0.05) is 13.1 Å². The summed E-state index contributed by atoms with van der Waals surface area (Å²) in [5, 5.41) is 11.8. The van der Waals surface area contributed by atoms with Gasteiger partial charge >= 0.3 is 12.0 Å². The molecule has 0 bridgehead atoms. The van der Waals surface area contributed by atoms with Crippen molar-refractivity contribution >= 4 is 12.0 Å². The molecule has 1 aliphatic heterocycles. The van der Waals surface area contributed by atoms with E-state index in [0.29, 0.717) is 12.3 Å². The third-order valence-electron chi connectivity index (χ3n) is 4.15. The van der Waals surface area contributed by atoms with Crippen molar-refractivity contribution in [1.82, 2.24) is 10.2 Å². The molecule has 0 aromatic rings. The zero-order valence-corrected chi connectivity index (χ0v) is 12.7. The summed E-state index contributed by atoms with van der Waals surface area (Å²) >= 11 is 0. The summed E-state index contributed by atoms with van der Waals surface area (Å²) in [5.41, 5.74) is 0. The van der Waals surface area contributed by atoms with E-state index in [0.717, 1.165) is 45.2 Å². The van der Waals surface area contributed by atoms with Gasteiger partial charge < -0.3 is 15.3 Å². The SMILES string of the molecule is CCCCC(NC(=O)N1CCCC(CC)CC1)C(=O)O. The second kappa shape index (κ2) is 8.82. The van der Waals surface area contributed by atoms with Gasteiger partial charge in [0.05, 0.1) is 0 Å². The van der Waals surface area contributed by atoms with Crippen LogP contribution in [0.25, 0.3) is 0 Å². The first-order valence-corrected chi connectivity index (χ1v) is 7.86. The molecule has 116 valence electrons. The van der Waals surface area contributed by atoms with Gasteiger partial charge in [0.25, 0.3) is 0 Å². The Hall–Kier alpha value is -1.26. The molecule has 2 unspecified atom stereocenters. The van der Waals surface area contributed by atoms with Crippen LogP contribution in [0, 0.1) is 5.92 Å². The van der Waals surface area contributed by atoms with E-state index in [4.69, 9.17) is 5.11 Å². The van der Waals surface area contributed by atoms with Crippen molar-refractivity contribution in [3.05, 3.63) is 0 Å². The molecule has 5 heteroatoms. The van der Waals surface area contributed by atoms with Crippen LogP contribution in [0.1, 0.15) is 58.8 Å². The van der Waals surface area contributed by atoms with Gasteiger partial charge in [-0.15, -0.1) is 0 Å². The average molecular weight is 284 g/mol. The van der Waals surface area contributed by atoms with Crippen LogP contribution in [-0.2, 0) is 4.79 Å². The Morgan fingerprint density at radius 1 is 1.30 bits per heavy atom. The highest BCUT2D eigenvalue weighted by molar-refractivity contribution is 5.82. The minimum atomic E-state index is -0.937. The summed E-state index contributed by atoms with van der Waals surface area (Å²) in [6.45, 7) is 5.68. The maximum atomic E-state index is 12.2. The molecular formula is C15H28N2O3. The number of hydrogen-bond acceptors (Lipinski definition) is 2. The van der Waals surface area contributed by atoms with Crippen molar-refractivity contribution < 1.29 is 14.7 Å². The van der Waals surface area contributed by atoms with Crippen molar-refractivity contribution in [2.45, 2.75) is 64.8 Å². The Labute approximate surface area is 121 Å². The lowest BCUT2D eigenvalue weighted by Crippen LogP contribution is -2.48. The monoisotopic (exact) mass is 284 g/mol. The van der Waals surface area contributed by atoms with E-state index < -0.39 is 12.0 Å². The number of rotatable bonds is 6. The van der Waals surface area contributed by atoms with Gasteiger partial charge in [0.15, 0.2) is 0 Å². The molecule has 0 aromatic carbocycles. The lowest BCUT2D eigenvalue weighted by atomic mass is 9.98. The number of unbranched alkanes of at least 4 members (excludes halogenated alkanes) is 1. The lowest BCUT2D eigenvalue weighted by molar-refractivity contribution is -0.139. The molecule has 2 atom stereocenters. The van der Waals surface area contributed by atoms with E-state index in [1.54, 1.807) is 4.90 Å². The van der Waals surface area contributed by atoms with E-state index in [9.17, 15) is 9.59 Å². The van der Waals surface area contributed by atoms with Gasteiger partial charge in [-0.3, -0.25) is 0 Å². The van der Waals surface area contributed by atoms with Gasteiger partial charge in [0.2, 0.25) is 0 Å². The third kappa shape index (κ3) is 5.39. The number of likely N-dealkylation sites (tertiary alicyclic amines) is 1. The zero-order chi connectivity index (χ0) is 15.0. The molecule has 0 radical (unpaired) electrons. The predicted octanol–water partition coefficient (Wildman–Crippen LogP) is 2.85. The number of amides is 2. The van der Waals surface area contributed by atoms with Gasteiger partial charge in [-0.05, 0) is 31.6 Å². The van der Waals surface area contributed by atoms with E-state index in [-0.39, 0.29) is 6.03 Å². The summed E-state index contributed by atoms with van der Waals surface area (Å²) in [6, 6.07) is -0.974. The molecule has 1 rings (SSSR count). The van der Waals surface area contributed by atoms with E-state index in [1.165, 1.54) is 6.42 Å². The Bertz CT molecular complexity index is 320. The van der Waals surface area contributed by atoms with E-state index in [1.807, 2.05) is 6.92 Å². The third-order valence-corrected chi connectivity index (χ3v) is 4.15. The first kappa shape index (κ1) is 16.8. The zero-order valence-electron chi connectivity index (χ0n) is 12.7. The van der Waals surface area contributed by atoms with Crippen LogP contribution in [0.15, 0.2) is 0 Å². The molecule has 0 saturated carbocycles. The maximum absolute atomic E-state index is 12.2. The molecule has 0 aromatic heterocycles. The first-order chi connectivity index (χ1) is 9.58. The van der Waals surface area contributed by atoms with Gasteiger partial charge in [-0.25, -0.2) is 9.59 Å². The van der Waals surface area contributed by atoms with Crippen molar-refractivity contribution in [3.63, 3.8) is 0 Å². The second-order valence-electron chi connectivity index (χ2n) is 5.67. The fraction of sp³-hybridized carbons (Fsp3) is 0.867. The average Bonchev–Trinajstić information content (AvgIpc) is 2.68. The molecule has 0 aliphatic carbocycles. The number of carbonyl (C=O) groups excluding carboxylic acids is 1. The quantitative estimate of drug-likeness (QED) is 0.788. The minimum Gasteiger partial charge on any atom is -0.480 e. The van der Waals surface area contributed by atoms with Crippen LogP contribution in [0.5, 0.6) is 0 Å². The van der Waals surface area contributed by atoms with Gasteiger partial charge in [0.1, 0.15) is 6.04 Å². The number of hydrogen-bond donors (Lipinski definition) is 2. The van der Waals surface area contributed by atoms with Gasteiger partial charge in [-0.1, -0.05) is 33.1 Å². The summed E-state index contributed by atoms with van der Waals surface area (Å²) in [4.78, 5) is 25.1. The van der Waals surface area contributed by atoms with Crippen molar-refractivity contribution in [2.24, 2.45) is 5.92 Å². The molecule has 5 nitrogen and oxygen atoms in total.